The summed E-state index contributed by atoms with van der Waals surface area (Å²) in [5.41, 5.74) is 0.743. The molecule has 0 saturated carbocycles. The number of carbonyl (C=O) groups excluding carboxylic acids is 2. The lowest BCUT2D eigenvalue weighted by Crippen LogP contribution is -2.53. The van der Waals surface area contributed by atoms with Crippen LogP contribution in [-0.4, -0.2) is 31.6 Å². The number of hydrogen-bond acceptors (Lipinski definition) is 4. The molecule has 1 heterocycles. The lowest BCUT2D eigenvalue weighted by atomic mass is 9.77. The monoisotopic (exact) mass is 365 g/mol. The zero-order valence-electron chi connectivity index (χ0n) is 15.5. The first-order chi connectivity index (χ1) is 13.1. The summed E-state index contributed by atoms with van der Waals surface area (Å²) in [5.74, 6) is -0.304. The van der Waals surface area contributed by atoms with Crippen molar-refractivity contribution in [2.24, 2.45) is 0 Å². The Hall–Kier alpha value is -3.08. The third-order valence-corrected chi connectivity index (χ3v) is 4.92. The fourth-order valence-corrected chi connectivity index (χ4v) is 3.55. The normalized spacial score (nSPS) is 20.3. The Morgan fingerprint density at radius 3 is 2.56 bits per heavy atom. The Labute approximate surface area is 159 Å². The van der Waals surface area contributed by atoms with E-state index in [1.54, 1.807) is 7.11 Å². The fraction of sp³-hybridized carbons (Fsp3) is 0.273. The fourth-order valence-electron chi connectivity index (χ4n) is 3.55. The molecule has 1 aliphatic heterocycles. The highest BCUT2D eigenvalue weighted by Gasteiger charge is 2.51. The van der Waals surface area contributed by atoms with Crippen molar-refractivity contribution >= 4 is 18.0 Å². The molecule has 140 valence electrons. The van der Waals surface area contributed by atoms with E-state index in [9.17, 15) is 9.59 Å². The summed E-state index contributed by atoms with van der Waals surface area (Å²) < 4.78 is 10.4. The van der Waals surface area contributed by atoms with Crippen LogP contribution in [0.15, 0.2) is 60.7 Å². The summed E-state index contributed by atoms with van der Waals surface area (Å²) in [6.45, 7) is 0. The second-order valence-corrected chi connectivity index (χ2v) is 6.54. The van der Waals surface area contributed by atoms with Gasteiger partial charge in [0.2, 0.25) is 5.91 Å². The molecule has 1 fully saturated rings. The quantitative estimate of drug-likeness (QED) is 0.798. The van der Waals surface area contributed by atoms with E-state index in [0.29, 0.717) is 12.2 Å². The number of ether oxygens (including phenoxy) is 2. The highest BCUT2D eigenvalue weighted by Crippen LogP contribution is 2.39. The molecule has 0 aromatic heterocycles. The Balaban J connectivity index is 2.09. The van der Waals surface area contributed by atoms with Gasteiger partial charge in [-0.2, -0.15) is 0 Å². The maximum atomic E-state index is 12.8. The Morgan fingerprint density at radius 1 is 1.15 bits per heavy atom. The highest BCUT2D eigenvalue weighted by atomic mass is 16.5. The molecule has 0 unspecified atom stereocenters. The molecular weight excluding hydrogens is 342 g/mol. The third kappa shape index (κ3) is 3.87. The maximum absolute atomic E-state index is 12.8. The molecule has 0 radical (unpaired) electrons. The number of nitrogens with one attached hydrogen (secondary N) is 1. The summed E-state index contributed by atoms with van der Waals surface area (Å²) in [7, 11) is 2.94. The van der Waals surface area contributed by atoms with Crippen LogP contribution >= 0.6 is 0 Å². The van der Waals surface area contributed by atoms with Gasteiger partial charge in [-0.15, -0.1) is 0 Å². The summed E-state index contributed by atoms with van der Waals surface area (Å²) in [6.07, 6.45) is 4.57. The van der Waals surface area contributed by atoms with Gasteiger partial charge in [-0.1, -0.05) is 54.6 Å². The SMILES string of the molecule is COC(=O)[C@@]1([C@H](/C=C\c2ccccc2)c2cccc(OC)c2)CCC(=O)N1. The van der Waals surface area contributed by atoms with E-state index in [2.05, 4.69) is 5.32 Å². The standard InChI is InChI=1S/C22H23NO4/c1-26-18-10-6-9-17(15-18)19(12-11-16-7-4-3-5-8-16)22(21(25)27-2)14-13-20(24)23-22/h3-12,15,19H,13-14H2,1-2H3,(H,23,24)/b12-11-/t19-,22+/m1/s1. The van der Waals surface area contributed by atoms with Crippen molar-refractivity contribution in [1.29, 1.82) is 0 Å². The second kappa shape index (κ2) is 8.08. The zero-order valence-corrected chi connectivity index (χ0v) is 15.5. The first-order valence-corrected chi connectivity index (χ1v) is 8.85. The van der Waals surface area contributed by atoms with Crippen molar-refractivity contribution in [2.45, 2.75) is 24.3 Å². The highest BCUT2D eigenvalue weighted by molar-refractivity contribution is 5.93. The zero-order chi connectivity index (χ0) is 19.3. The van der Waals surface area contributed by atoms with Crippen LogP contribution in [0.5, 0.6) is 5.75 Å². The minimum Gasteiger partial charge on any atom is -0.497 e. The smallest absolute Gasteiger partial charge is 0.332 e. The molecule has 1 aliphatic rings. The molecule has 2 aromatic carbocycles. The lowest BCUT2D eigenvalue weighted by molar-refractivity contribution is -0.149. The molecule has 1 N–H and O–H groups in total. The van der Waals surface area contributed by atoms with Gasteiger partial charge < -0.3 is 14.8 Å². The molecule has 2 atom stereocenters. The number of benzene rings is 2. The van der Waals surface area contributed by atoms with E-state index >= 15 is 0 Å². The van der Waals surface area contributed by atoms with Crippen molar-refractivity contribution in [3.63, 3.8) is 0 Å². The van der Waals surface area contributed by atoms with Gasteiger partial charge in [0.05, 0.1) is 14.2 Å². The first-order valence-electron chi connectivity index (χ1n) is 8.85. The topological polar surface area (TPSA) is 64.6 Å². The number of carbonyl (C=O) groups is 2. The summed E-state index contributed by atoms with van der Waals surface area (Å²) in [4.78, 5) is 24.8. The van der Waals surface area contributed by atoms with Gasteiger partial charge in [-0.05, 0) is 29.7 Å². The number of methoxy groups -OCH3 is 2. The second-order valence-electron chi connectivity index (χ2n) is 6.54. The van der Waals surface area contributed by atoms with Crippen molar-refractivity contribution in [1.82, 2.24) is 5.32 Å². The van der Waals surface area contributed by atoms with Crippen LogP contribution in [0.2, 0.25) is 0 Å². The number of rotatable bonds is 6. The third-order valence-electron chi connectivity index (χ3n) is 4.92. The summed E-state index contributed by atoms with van der Waals surface area (Å²) >= 11 is 0. The van der Waals surface area contributed by atoms with Crippen LogP contribution in [0.4, 0.5) is 0 Å². The lowest BCUT2D eigenvalue weighted by Gasteiger charge is -2.33. The minimum atomic E-state index is -1.14. The van der Waals surface area contributed by atoms with Gasteiger partial charge in [0.15, 0.2) is 0 Å². The van der Waals surface area contributed by atoms with Gasteiger partial charge in [0.25, 0.3) is 0 Å². The first kappa shape index (κ1) is 18.7. The Morgan fingerprint density at radius 2 is 1.93 bits per heavy atom. The molecule has 0 spiro atoms. The van der Waals surface area contributed by atoms with Crippen LogP contribution in [0.3, 0.4) is 0 Å². The molecule has 2 aromatic rings. The van der Waals surface area contributed by atoms with Crippen LogP contribution in [-0.2, 0) is 14.3 Å². The van der Waals surface area contributed by atoms with Crippen LogP contribution in [0.25, 0.3) is 6.08 Å². The maximum Gasteiger partial charge on any atom is 0.332 e. The van der Waals surface area contributed by atoms with Crippen molar-refractivity contribution < 1.29 is 19.1 Å². The number of hydrogen-bond donors (Lipinski definition) is 1. The molecule has 1 saturated heterocycles. The average molecular weight is 365 g/mol. The van der Waals surface area contributed by atoms with E-state index in [-0.39, 0.29) is 12.3 Å². The van der Waals surface area contributed by atoms with Crippen molar-refractivity contribution in [3.8, 4) is 5.75 Å². The van der Waals surface area contributed by atoms with Gasteiger partial charge in [0, 0.05) is 12.3 Å². The van der Waals surface area contributed by atoms with E-state index in [0.717, 1.165) is 11.1 Å². The minimum absolute atomic E-state index is 0.151. The van der Waals surface area contributed by atoms with Gasteiger partial charge in [-0.3, -0.25) is 4.79 Å². The van der Waals surface area contributed by atoms with Crippen LogP contribution < -0.4 is 10.1 Å². The van der Waals surface area contributed by atoms with E-state index in [1.165, 1.54) is 7.11 Å². The molecule has 0 aliphatic carbocycles. The molecular formula is C22H23NO4. The summed E-state index contributed by atoms with van der Waals surface area (Å²) in [6, 6.07) is 17.4. The molecule has 5 nitrogen and oxygen atoms in total. The summed E-state index contributed by atoms with van der Waals surface area (Å²) in [5, 5.41) is 2.88. The van der Waals surface area contributed by atoms with Crippen LogP contribution in [0.1, 0.15) is 29.9 Å². The van der Waals surface area contributed by atoms with E-state index in [4.69, 9.17) is 9.47 Å². The average Bonchev–Trinajstić information content (AvgIpc) is 3.11. The van der Waals surface area contributed by atoms with Gasteiger partial charge >= 0.3 is 5.97 Å². The van der Waals surface area contributed by atoms with Crippen LogP contribution in [0, 0.1) is 0 Å². The predicted octanol–water partition coefficient (Wildman–Crippen LogP) is 3.31. The predicted molar refractivity (Wildman–Crippen MR) is 103 cm³/mol. The van der Waals surface area contributed by atoms with Crippen molar-refractivity contribution in [3.05, 3.63) is 71.8 Å². The Bertz CT molecular complexity index is 846. The van der Waals surface area contributed by atoms with Gasteiger partial charge in [-0.25, -0.2) is 4.79 Å². The van der Waals surface area contributed by atoms with E-state index < -0.39 is 17.4 Å². The molecule has 27 heavy (non-hydrogen) atoms. The molecule has 5 heteroatoms. The molecule has 3 rings (SSSR count). The van der Waals surface area contributed by atoms with Crippen molar-refractivity contribution in [2.75, 3.05) is 14.2 Å². The molecule has 0 bridgehead atoms. The van der Waals surface area contributed by atoms with Gasteiger partial charge in [0.1, 0.15) is 11.3 Å². The number of amides is 1. The van der Waals surface area contributed by atoms with E-state index in [1.807, 2.05) is 66.7 Å². The largest absolute Gasteiger partial charge is 0.497 e. The number of esters is 1. The molecule has 1 amide bonds. The Kier molecular flexibility index (Phi) is 5.60.